The van der Waals surface area contributed by atoms with Gasteiger partial charge in [0.25, 0.3) is 0 Å². The maximum atomic E-state index is 13.1. The highest BCUT2D eigenvalue weighted by molar-refractivity contribution is 6.15. The van der Waals surface area contributed by atoms with Crippen molar-refractivity contribution in [2.75, 3.05) is 27.0 Å². The summed E-state index contributed by atoms with van der Waals surface area (Å²) in [5.74, 6) is 1.10. The summed E-state index contributed by atoms with van der Waals surface area (Å²) in [5.41, 5.74) is 3.00. The molecule has 0 N–H and O–H groups in total. The number of ketones is 1. The van der Waals surface area contributed by atoms with Crippen LogP contribution in [-0.4, -0.2) is 37.7 Å². The number of methoxy groups -OCH3 is 1. The van der Waals surface area contributed by atoms with Crippen LogP contribution in [0.1, 0.15) is 33.5 Å². The van der Waals surface area contributed by atoms with E-state index in [0.29, 0.717) is 36.8 Å². The fourth-order valence-corrected chi connectivity index (χ4v) is 3.56. The van der Waals surface area contributed by atoms with Crippen molar-refractivity contribution in [2.45, 2.75) is 19.9 Å². The molecule has 0 atom stereocenters. The topological polar surface area (TPSA) is 48.0 Å². The molecular formula is C22H22FNO4. The maximum absolute atomic E-state index is 13.1. The van der Waals surface area contributed by atoms with Crippen molar-refractivity contribution in [1.29, 1.82) is 0 Å². The number of carbonyl (C=O) groups is 1. The predicted molar refractivity (Wildman–Crippen MR) is 103 cm³/mol. The third kappa shape index (κ3) is 3.53. The average molecular weight is 383 g/mol. The molecule has 0 radical (unpaired) electrons. The lowest BCUT2D eigenvalue weighted by molar-refractivity contribution is 0.0822. The molecule has 2 heterocycles. The number of carbonyl (C=O) groups excluding carboxylic acids is 1. The van der Waals surface area contributed by atoms with E-state index in [1.807, 2.05) is 13.0 Å². The molecule has 2 aliphatic rings. The molecule has 0 aromatic heterocycles. The summed E-state index contributed by atoms with van der Waals surface area (Å²) < 4.78 is 30.2. The molecule has 146 valence electrons. The van der Waals surface area contributed by atoms with Crippen LogP contribution in [0.2, 0.25) is 0 Å². The number of benzene rings is 2. The second-order valence-corrected chi connectivity index (χ2v) is 7.04. The van der Waals surface area contributed by atoms with Gasteiger partial charge in [0.1, 0.15) is 24.0 Å². The largest absolute Gasteiger partial charge is 0.478 e. The fourth-order valence-electron chi connectivity index (χ4n) is 3.56. The Labute approximate surface area is 163 Å². The highest BCUT2D eigenvalue weighted by Gasteiger charge is 2.35. The highest BCUT2D eigenvalue weighted by atomic mass is 19.1. The number of hydrogen-bond acceptors (Lipinski definition) is 5. The quantitative estimate of drug-likeness (QED) is 0.578. The van der Waals surface area contributed by atoms with Crippen LogP contribution >= 0.6 is 0 Å². The molecule has 5 nitrogen and oxygen atoms in total. The first-order valence-electron chi connectivity index (χ1n) is 9.27. The van der Waals surface area contributed by atoms with Crippen molar-refractivity contribution in [2.24, 2.45) is 0 Å². The zero-order valence-corrected chi connectivity index (χ0v) is 16.0. The highest BCUT2D eigenvalue weighted by Crippen LogP contribution is 2.44. The SMILES string of the molecule is COCCCN1COc2cc(C)c3c(c2C1)O/C(=C\c1ccc(F)cc1)C3=O. The third-order valence-electron chi connectivity index (χ3n) is 4.98. The van der Waals surface area contributed by atoms with Crippen LogP contribution in [0.3, 0.4) is 0 Å². The maximum Gasteiger partial charge on any atom is 0.232 e. The monoisotopic (exact) mass is 383 g/mol. The first-order chi connectivity index (χ1) is 13.6. The molecular weight excluding hydrogens is 361 g/mol. The zero-order chi connectivity index (χ0) is 19.7. The normalized spacial score (nSPS) is 17.2. The lowest BCUT2D eigenvalue weighted by atomic mass is 9.98. The Morgan fingerprint density at radius 1 is 1.29 bits per heavy atom. The predicted octanol–water partition coefficient (Wildman–Crippen LogP) is 3.94. The van der Waals surface area contributed by atoms with E-state index in [-0.39, 0.29) is 17.4 Å². The van der Waals surface area contributed by atoms with Gasteiger partial charge in [-0.3, -0.25) is 9.69 Å². The van der Waals surface area contributed by atoms with Gasteiger partial charge in [-0.15, -0.1) is 0 Å². The first kappa shape index (κ1) is 18.7. The lowest BCUT2D eigenvalue weighted by Crippen LogP contribution is -2.33. The van der Waals surface area contributed by atoms with Gasteiger partial charge >= 0.3 is 0 Å². The Balaban J connectivity index is 1.64. The van der Waals surface area contributed by atoms with Gasteiger partial charge in [0, 0.05) is 26.8 Å². The summed E-state index contributed by atoms with van der Waals surface area (Å²) in [6, 6.07) is 7.86. The molecule has 0 fully saturated rings. The molecule has 0 saturated carbocycles. The Bertz CT molecular complexity index is 937. The summed E-state index contributed by atoms with van der Waals surface area (Å²) in [5, 5.41) is 0. The minimum Gasteiger partial charge on any atom is -0.478 e. The van der Waals surface area contributed by atoms with Crippen LogP contribution in [-0.2, 0) is 11.3 Å². The number of allylic oxidation sites excluding steroid dienone is 1. The van der Waals surface area contributed by atoms with Crippen molar-refractivity contribution in [1.82, 2.24) is 4.90 Å². The van der Waals surface area contributed by atoms with Crippen molar-refractivity contribution < 1.29 is 23.4 Å². The standard InChI is InChI=1S/C22H22FNO4/c1-14-10-18-17(12-24(13-27-18)8-3-9-26-2)22-20(14)21(25)19(28-22)11-15-4-6-16(23)7-5-15/h4-7,10-11H,3,8-9,12-13H2,1-2H3/b19-11-. The van der Waals surface area contributed by atoms with E-state index in [2.05, 4.69) is 4.90 Å². The molecule has 4 rings (SSSR count). The fraction of sp³-hybridized carbons (Fsp3) is 0.318. The number of hydrogen-bond donors (Lipinski definition) is 0. The average Bonchev–Trinajstić information content (AvgIpc) is 3.01. The Morgan fingerprint density at radius 2 is 2.07 bits per heavy atom. The second kappa shape index (κ2) is 7.73. The molecule has 0 spiro atoms. The van der Waals surface area contributed by atoms with Gasteiger partial charge in [-0.1, -0.05) is 12.1 Å². The van der Waals surface area contributed by atoms with E-state index < -0.39 is 0 Å². The van der Waals surface area contributed by atoms with E-state index in [0.717, 1.165) is 29.8 Å². The smallest absolute Gasteiger partial charge is 0.232 e. The van der Waals surface area contributed by atoms with Gasteiger partial charge in [0.15, 0.2) is 5.76 Å². The van der Waals surface area contributed by atoms with Gasteiger partial charge in [-0.25, -0.2) is 4.39 Å². The first-order valence-corrected chi connectivity index (χ1v) is 9.27. The van der Waals surface area contributed by atoms with Crippen molar-refractivity contribution in [3.8, 4) is 11.5 Å². The van der Waals surface area contributed by atoms with Crippen LogP contribution in [0.25, 0.3) is 6.08 Å². The molecule has 28 heavy (non-hydrogen) atoms. The molecule has 0 bridgehead atoms. The van der Waals surface area contributed by atoms with Crippen molar-refractivity contribution >= 4 is 11.9 Å². The number of rotatable bonds is 5. The number of nitrogens with zero attached hydrogens (tertiary/aromatic N) is 1. The van der Waals surface area contributed by atoms with Crippen LogP contribution in [0.15, 0.2) is 36.1 Å². The molecule has 0 aliphatic carbocycles. The lowest BCUT2D eigenvalue weighted by Gasteiger charge is -2.30. The van der Waals surface area contributed by atoms with Crippen LogP contribution in [0.4, 0.5) is 4.39 Å². The van der Waals surface area contributed by atoms with Gasteiger partial charge in [-0.2, -0.15) is 0 Å². The molecule has 0 amide bonds. The molecule has 2 aromatic rings. The zero-order valence-electron chi connectivity index (χ0n) is 16.0. The molecule has 0 saturated heterocycles. The van der Waals surface area contributed by atoms with Crippen LogP contribution in [0.5, 0.6) is 11.5 Å². The number of Topliss-reactive ketones (excluding diaryl/α,β-unsaturated/α-hetero) is 1. The van der Waals surface area contributed by atoms with Crippen LogP contribution in [0, 0.1) is 12.7 Å². The minimum atomic E-state index is -0.320. The summed E-state index contributed by atoms with van der Waals surface area (Å²) >= 11 is 0. The Hall–Kier alpha value is -2.70. The minimum absolute atomic E-state index is 0.156. The molecule has 0 unspecified atom stereocenters. The van der Waals surface area contributed by atoms with Crippen LogP contribution < -0.4 is 9.47 Å². The van der Waals surface area contributed by atoms with E-state index in [4.69, 9.17) is 14.2 Å². The third-order valence-corrected chi connectivity index (χ3v) is 4.98. The van der Waals surface area contributed by atoms with Gasteiger partial charge in [0.05, 0.1) is 11.1 Å². The number of ether oxygens (including phenoxy) is 3. The number of fused-ring (bicyclic) bond motifs is 3. The van der Waals surface area contributed by atoms with Crippen molar-refractivity contribution in [3.63, 3.8) is 0 Å². The second-order valence-electron chi connectivity index (χ2n) is 7.04. The van der Waals surface area contributed by atoms with E-state index >= 15 is 0 Å². The van der Waals surface area contributed by atoms with E-state index in [1.54, 1.807) is 25.3 Å². The van der Waals surface area contributed by atoms with E-state index in [1.165, 1.54) is 12.1 Å². The van der Waals surface area contributed by atoms with Crippen molar-refractivity contribution in [3.05, 3.63) is 64.2 Å². The summed E-state index contributed by atoms with van der Waals surface area (Å²) in [7, 11) is 1.69. The summed E-state index contributed by atoms with van der Waals surface area (Å²) in [6.45, 7) is 4.56. The summed E-state index contributed by atoms with van der Waals surface area (Å²) in [6.07, 6.45) is 2.55. The van der Waals surface area contributed by atoms with Gasteiger partial charge in [0.2, 0.25) is 5.78 Å². The molecule has 2 aliphatic heterocycles. The van der Waals surface area contributed by atoms with Gasteiger partial charge < -0.3 is 14.2 Å². The Kier molecular flexibility index (Phi) is 5.15. The summed E-state index contributed by atoms with van der Waals surface area (Å²) in [4.78, 5) is 15.1. The molecule has 2 aromatic carbocycles. The number of aryl methyl sites for hydroxylation is 1. The van der Waals surface area contributed by atoms with Gasteiger partial charge in [-0.05, 0) is 48.7 Å². The van der Waals surface area contributed by atoms with E-state index in [9.17, 15) is 9.18 Å². The Morgan fingerprint density at radius 3 is 2.82 bits per heavy atom. The molecule has 6 heteroatoms. The number of halogens is 1.